The second-order valence-electron chi connectivity index (χ2n) is 2.97. The minimum absolute atomic E-state index is 0.0859. The Bertz CT molecular complexity index is 411. The zero-order valence-corrected chi connectivity index (χ0v) is 8.27. The first kappa shape index (κ1) is 8.31. The number of hydrogen-bond acceptors (Lipinski definition) is 3. The maximum absolute atomic E-state index is 9.29. The number of aromatic nitrogens is 2. The van der Waals surface area contributed by atoms with Crippen LogP contribution in [0.2, 0.25) is 0 Å². The van der Waals surface area contributed by atoms with Crippen molar-refractivity contribution in [2.75, 3.05) is 0 Å². The Balaban J connectivity index is 2.53. The SMILES string of the molecule is Cc1ccsc1-c1nc(O)c(C)[nH]1. The highest BCUT2D eigenvalue weighted by Gasteiger charge is 2.09. The Morgan fingerprint density at radius 3 is 2.69 bits per heavy atom. The van der Waals surface area contributed by atoms with Gasteiger partial charge in [0.25, 0.3) is 0 Å². The molecule has 0 fully saturated rings. The summed E-state index contributed by atoms with van der Waals surface area (Å²) in [5.74, 6) is 0.838. The molecule has 2 rings (SSSR count). The number of nitrogens with one attached hydrogen (secondary N) is 1. The topological polar surface area (TPSA) is 48.9 Å². The summed E-state index contributed by atoms with van der Waals surface area (Å²) in [4.78, 5) is 8.15. The van der Waals surface area contributed by atoms with Crippen molar-refractivity contribution in [1.29, 1.82) is 0 Å². The van der Waals surface area contributed by atoms with Crippen molar-refractivity contribution < 1.29 is 5.11 Å². The molecule has 0 saturated heterocycles. The van der Waals surface area contributed by atoms with E-state index in [1.54, 1.807) is 18.3 Å². The Labute approximate surface area is 80.1 Å². The van der Waals surface area contributed by atoms with Crippen LogP contribution in [0.3, 0.4) is 0 Å². The van der Waals surface area contributed by atoms with Crippen LogP contribution in [0.5, 0.6) is 5.88 Å². The van der Waals surface area contributed by atoms with Crippen LogP contribution in [0.4, 0.5) is 0 Å². The van der Waals surface area contributed by atoms with Crippen LogP contribution in [-0.4, -0.2) is 15.1 Å². The maximum Gasteiger partial charge on any atom is 0.232 e. The minimum atomic E-state index is 0.0859. The quantitative estimate of drug-likeness (QED) is 0.732. The van der Waals surface area contributed by atoms with Crippen molar-refractivity contribution in [1.82, 2.24) is 9.97 Å². The number of thiophene rings is 1. The molecule has 3 nitrogen and oxygen atoms in total. The highest BCUT2D eigenvalue weighted by Crippen LogP contribution is 2.28. The zero-order valence-electron chi connectivity index (χ0n) is 7.46. The van der Waals surface area contributed by atoms with Crippen molar-refractivity contribution in [2.24, 2.45) is 0 Å². The normalized spacial score (nSPS) is 10.6. The number of hydrogen-bond donors (Lipinski definition) is 2. The summed E-state index contributed by atoms with van der Waals surface area (Å²) in [5, 5.41) is 11.3. The molecule has 0 aliphatic rings. The lowest BCUT2D eigenvalue weighted by atomic mass is 10.3. The molecule has 2 N–H and O–H groups in total. The van der Waals surface area contributed by atoms with Gasteiger partial charge in [-0.05, 0) is 30.9 Å². The van der Waals surface area contributed by atoms with E-state index in [2.05, 4.69) is 9.97 Å². The highest BCUT2D eigenvalue weighted by atomic mass is 32.1. The van der Waals surface area contributed by atoms with E-state index < -0.39 is 0 Å². The van der Waals surface area contributed by atoms with E-state index in [1.165, 1.54) is 5.56 Å². The predicted octanol–water partition coefficient (Wildman–Crippen LogP) is 2.46. The van der Waals surface area contributed by atoms with Crippen molar-refractivity contribution in [3.63, 3.8) is 0 Å². The van der Waals surface area contributed by atoms with Crippen LogP contribution >= 0.6 is 11.3 Å². The molecule has 0 amide bonds. The standard InChI is InChI=1S/C9H10N2OS/c1-5-3-4-13-7(5)8-10-6(2)9(12)11-8/h3-4,12H,1-2H3,(H,10,11). The molecule has 2 heterocycles. The fourth-order valence-electron chi connectivity index (χ4n) is 1.17. The monoisotopic (exact) mass is 194 g/mol. The van der Waals surface area contributed by atoms with Gasteiger partial charge in [-0.25, -0.2) is 0 Å². The Morgan fingerprint density at radius 2 is 2.23 bits per heavy atom. The summed E-state index contributed by atoms with van der Waals surface area (Å²) in [5.41, 5.74) is 1.89. The summed E-state index contributed by atoms with van der Waals surface area (Å²) in [6.07, 6.45) is 0. The molecule has 4 heteroatoms. The number of aromatic hydroxyl groups is 1. The Kier molecular flexibility index (Phi) is 1.84. The summed E-state index contributed by atoms with van der Waals surface area (Å²) in [6.45, 7) is 3.83. The molecule has 0 atom stereocenters. The summed E-state index contributed by atoms with van der Waals surface area (Å²) in [6, 6.07) is 2.04. The van der Waals surface area contributed by atoms with Gasteiger partial charge >= 0.3 is 0 Å². The number of rotatable bonds is 1. The largest absolute Gasteiger partial charge is 0.492 e. The van der Waals surface area contributed by atoms with E-state index in [0.29, 0.717) is 5.69 Å². The van der Waals surface area contributed by atoms with Crippen molar-refractivity contribution >= 4 is 11.3 Å². The summed E-state index contributed by atoms with van der Waals surface area (Å²) < 4.78 is 0. The predicted molar refractivity (Wildman–Crippen MR) is 53.0 cm³/mol. The zero-order chi connectivity index (χ0) is 9.42. The third kappa shape index (κ3) is 1.33. The number of nitrogens with zero attached hydrogens (tertiary/aromatic N) is 1. The fraction of sp³-hybridized carbons (Fsp3) is 0.222. The van der Waals surface area contributed by atoms with Gasteiger partial charge in [-0.2, -0.15) is 4.98 Å². The van der Waals surface area contributed by atoms with Crippen LogP contribution in [0.15, 0.2) is 11.4 Å². The van der Waals surface area contributed by atoms with Crippen LogP contribution < -0.4 is 0 Å². The van der Waals surface area contributed by atoms with Gasteiger partial charge in [0.05, 0.1) is 10.6 Å². The van der Waals surface area contributed by atoms with Gasteiger partial charge in [-0.3, -0.25) is 0 Å². The van der Waals surface area contributed by atoms with Crippen molar-refractivity contribution in [3.8, 4) is 16.6 Å². The van der Waals surface area contributed by atoms with Gasteiger partial charge in [0.2, 0.25) is 5.88 Å². The van der Waals surface area contributed by atoms with Crippen molar-refractivity contribution in [3.05, 3.63) is 22.7 Å². The van der Waals surface area contributed by atoms with Gasteiger partial charge < -0.3 is 10.1 Å². The second kappa shape index (κ2) is 2.88. The van der Waals surface area contributed by atoms with Gasteiger partial charge in [0.1, 0.15) is 0 Å². The van der Waals surface area contributed by atoms with Crippen LogP contribution in [0, 0.1) is 13.8 Å². The van der Waals surface area contributed by atoms with Crippen LogP contribution in [0.25, 0.3) is 10.7 Å². The van der Waals surface area contributed by atoms with E-state index in [1.807, 2.05) is 18.4 Å². The molecule has 0 aliphatic heterocycles. The first-order valence-electron chi connectivity index (χ1n) is 3.98. The summed E-state index contributed by atoms with van der Waals surface area (Å²) in [7, 11) is 0. The first-order valence-corrected chi connectivity index (χ1v) is 4.86. The highest BCUT2D eigenvalue weighted by molar-refractivity contribution is 7.13. The summed E-state index contributed by atoms with van der Waals surface area (Å²) >= 11 is 1.62. The molecule has 2 aromatic heterocycles. The van der Waals surface area contributed by atoms with Gasteiger partial charge in [0.15, 0.2) is 5.82 Å². The Morgan fingerprint density at radius 1 is 1.46 bits per heavy atom. The third-order valence-corrected chi connectivity index (χ3v) is 2.96. The number of aromatic amines is 1. The van der Waals surface area contributed by atoms with Crippen LogP contribution in [-0.2, 0) is 0 Å². The van der Waals surface area contributed by atoms with Crippen LogP contribution in [0.1, 0.15) is 11.3 Å². The van der Waals surface area contributed by atoms with E-state index in [4.69, 9.17) is 0 Å². The molecule has 0 aliphatic carbocycles. The third-order valence-electron chi connectivity index (χ3n) is 1.94. The maximum atomic E-state index is 9.29. The molecule has 13 heavy (non-hydrogen) atoms. The molecule has 0 bridgehead atoms. The molecule has 0 radical (unpaired) electrons. The number of aryl methyl sites for hydroxylation is 2. The average Bonchev–Trinajstić information content (AvgIpc) is 2.60. The second-order valence-corrected chi connectivity index (χ2v) is 3.88. The molecule has 68 valence electrons. The van der Waals surface area contributed by atoms with Gasteiger partial charge in [-0.15, -0.1) is 11.3 Å². The molecule has 0 aromatic carbocycles. The molecule has 0 spiro atoms. The lowest BCUT2D eigenvalue weighted by molar-refractivity contribution is 0.452. The minimum Gasteiger partial charge on any atom is -0.492 e. The smallest absolute Gasteiger partial charge is 0.232 e. The van der Waals surface area contributed by atoms with E-state index in [0.717, 1.165) is 10.7 Å². The van der Waals surface area contributed by atoms with E-state index in [-0.39, 0.29) is 5.88 Å². The fourth-order valence-corrected chi connectivity index (χ4v) is 2.04. The number of H-pyrrole nitrogens is 1. The molecule has 0 saturated carbocycles. The Hall–Kier alpha value is -1.29. The lowest BCUT2D eigenvalue weighted by Gasteiger charge is -1.91. The molecular formula is C9H10N2OS. The lowest BCUT2D eigenvalue weighted by Crippen LogP contribution is -1.77. The van der Waals surface area contributed by atoms with Gasteiger partial charge in [-0.1, -0.05) is 0 Å². The van der Waals surface area contributed by atoms with Gasteiger partial charge in [0, 0.05) is 0 Å². The molecule has 2 aromatic rings. The van der Waals surface area contributed by atoms with E-state index >= 15 is 0 Å². The first-order chi connectivity index (χ1) is 6.18. The van der Waals surface area contributed by atoms with Crippen molar-refractivity contribution in [2.45, 2.75) is 13.8 Å². The average molecular weight is 194 g/mol. The van der Waals surface area contributed by atoms with E-state index in [9.17, 15) is 5.11 Å². The number of imidazole rings is 1. The molecular weight excluding hydrogens is 184 g/mol. The molecule has 0 unspecified atom stereocenters.